The van der Waals surface area contributed by atoms with Crippen molar-refractivity contribution < 1.29 is 4.74 Å². The first-order valence-electron chi connectivity index (χ1n) is 5.15. The number of hydrogen-bond acceptors (Lipinski definition) is 3. The van der Waals surface area contributed by atoms with Gasteiger partial charge < -0.3 is 4.74 Å². The maximum absolute atomic E-state index is 5.53. The zero-order chi connectivity index (χ0) is 11.2. The molecule has 80 valence electrons. The fourth-order valence-corrected chi connectivity index (χ4v) is 1.32. The number of benzene rings is 1. The molecule has 5 heteroatoms. The van der Waals surface area contributed by atoms with Crippen LogP contribution in [0.5, 0.6) is 5.75 Å². The summed E-state index contributed by atoms with van der Waals surface area (Å²) in [5.41, 5.74) is 0.791. The first kappa shape index (κ1) is 10.7. The number of hydrogen-bond donors (Lipinski definition) is 0. The fourth-order valence-electron chi connectivity index (χ4n) is 1.32. The average molecular weight is 213 g/mol. The topological polar surface area (TPSA) is 39.9 Å². The van der Waals surface area contributed by atoms with Gasteiger partial charge in [-0.3, -0.25) is 0 Å². The third-order valence-electron chi connectivity index (χ3n) is 2.13. The van der Waals surface area contributed by atoms with Gasteiger partial charge in [0, 0.05) is 6.20 Å². The second-order valence-corrected chi connectivity index (χ2v) is 3.34. The van der Waals surface area contributed by atoms with Gasteiger partial charge in [-0.2, -0.15) is 0 Å². The Bertz CT molecular complexity index is 430. The Morgan fingerprint density at radius 3 is 2.75 bits per heavy atom. The number of rotatable bonds is 5. The maximum Gasteiger partial charge on any atom is 0.119 e. The second-order valence-electron chi connectivity index (χ2n) is 3.34. The van der Waals surface area contributed by atoms with Crippen molar-refractivity contribution in [2.75, 3.05) is 6.61 Å². The molecule has 0 atom stereocenters. The Labute approximate surface area is 95.6 Å². The first-order valence-corrected chi connectivity index (χ1v) is 5.15. The Hall–Kier alpha value is -1.78. The normalized spacial score (nSPS) is 10.2. The van der Waals surface area contributed by atoms with Gasteiger partial charge >= 0.3 is 0 Å². The van der Waals surface area contributed by atoms with Crippen molar-refractivity contribution in [1.82, 2.24) is 15.0 Å². The van der Waals surface area contributed by atoms with Crippen LogP contribution in [0.4, 0.5) is 0 Å². The number of aromatic nitrogens is 3. The first-order chi connectivity index (χ1) is 7.88. The van der Waals surface area contributed by atoms with Crippen LogP contribution in [0.15, 0.2) is 36.5 Å². The Kier molecular flexibility index (Phi) is 3.59. The highest BCUT2D eigenvalue weighted by atomic mass is 16.5. The molecule has 2 radical (unpaired) electrons. The van der Waals surface area contributed by atoms with Gasteiger partial charge in [0.25, 0.3) is 0 Å². The van der Waals surface area contributed by atoms with Crippen LogP contribution in [0.2, 0.25) is 0 Å². The quantitative estimate of drug-likeness (QED) is 0.696. The lowest BCUT2D eigenvalue weighted by Crippen LogP contribution is -2.08. The van der Waals surface area contributed by atoms with E-state index in [0.717, 1.165) is 11.4 Å². The molecular weight excluding hydrogens is 201 g/mol. The van der Waals surface area contributed by atoms with Crippen molar-refractivity contribution in [2.45, 2.75) is 12.9 Å². The second kappa shape index (κ2) is 5.35. The Balaban J connectivity index is 1.80. The molecule has 0 unspecified atom stereocenters. The molecule has 1 heterocycles. The summed E-state index contributed by atoms with van der Waals surface area (Å²) in [6.45, 7) is 1.24. The van der Waals surface area contributed by atoms with Crippen molar-refractivity contribution in [3.63, 3.8) is 0 Å². The summed E-state index contributed by atoms with van der Waals surface area (Å²) in [6.07, 6.45) is 2.24. The van der Waals surface area contributed by atoms with Crippen LogP contribution in [-0.4, -0.2) is 29.4 Å². The minimum atomic E-state index is 0.416. The summed E-state index contributed by atoms with van der Waals surface area (Å²) in [4.78, 5) is 0. The van der Waals surface area contributed by atoms with Gasteiger partial charge in [-0.25, -0.2) is 4.68 Å². The highest BCUT2D eigenvalue weighted by molar-refractivity contribution is 6.08. The van der Waals surface area contributed by atoms with Crippen molar-refractivity contribution in [3.05, 3.63) is 42.2 Å². The van der Waals surface area contributed by atoms with Crippen LogP contribution in [-0.2, 0) is 12.9 Å². The summed E-state index contributed by atoms with van der Waals surface area (Å²) in [5, 5.41) is 7.82. The van der Waals surface area contributed by atoms with Crippen molar-refractivity contribution >= 4 is 7.85 Å². The summed E-state index contributed by atoms with van der Waals surface area (Å²) >= 11 is 0. The smallest absolute Gasteiger partial charge is 0.119 e. The van der Waals surface area contributed by atoms with Crippen LogP contribution >= 0.6 is 0 Å². The summed E-state index contributed by atoms with van der Waals surface area (Å²) in [6, 6.07) is 9.69. The van der Waals surface area contributed by atoms with Crippen molar-refractivity contribution in [2.24, 2.45) is 0 Å². The molecule has 0 saturated carbocycles. The number of para-hydroxylation sites is 1. The molecule has 0 fully saturated rings. The molecule has 0 bridgehead atoms. The van der Waals surface area contributed by atoms with E-state index in [0.29, 0.717) is 19.5 Å². The van der Waals surface area contributed by atoms with Crippen LogP contribution in [0, 0.1) is 0 Å². The lowest BCUT2D eigenvalue weighted by molar-refractivity contribution is 0.289. The molecule has 2 rings (SSSR count). The summed E-state index contributed by atoms with van der Waals surface area (Å²) in [7, 11) is 5.44. The predicted octanol–water partition coefficient (Wildman–Crippen LogP) is 1.03. The van der Waals surface area contributed by atoms with E-state index in [1.165, 1.54) is 0 Å². The standard InChI is InChI=1S/C11H12BN3O/c12-8-10-9-15(14-13-10)6-7-16-11-4-2-1-3-5-11/h1-5,9H,6-8H2. The van der Waals surface area contributed by atoms with Gasteiger partial charge in [0.2, 0.25) is 0 Å². The van der Waals surface area contributed by atoms with E-state index in [4.69, 9.17) is 12.6 Å². The van der Waals surface area contributed by atoms with E-state index in [1.54, 1.807) is 4.68 Å². The maximum atomic E-state index is 5.53. The van der Waals surface area contributed by atoms with Crippen molar-refractivity contribution in [3.8, 4) is 5.75 Å². The Morgan fingerprint density at radius 2 is 2.06 bits per heavy atom. The molecule has 1 aromatic heterocycles. The zero-order valence-electron chi connectivity index (χ0n) is 8.91. The monoisotopic (exact) mass is 213 g/mol. The third kappa shape index (κ3) is 2.86. The van der Waals surface area contributed by atoms with Crippen LogP contribution in [0.25, 0.3) is 0 Å². The molecule has 0 saturated heterocycles. The van der Waals surface area contributed by atoms with Crippen LogP contribution in [0.1, 0.15) is 5.69 Å². The minimum absolute atomic E-state index is 0.416. The zero-order valence-corrected chi connectivity index (χ0v) is 8.91. The number of nitrogens with zero attached hydrogens (tertiary/aromatic N) is 3. The van der Waals surface area contributed by atoms with E-state index in [-0.39, 0.29) is 0 Å². The SMILES string of the molecule is [B]Cc1cn(CCOc2ccccc2)nn1. The lowest BCUT2D eigenvalue weighted by Gasteiger charge is -2.04. The number of ether oxygens (including phenoxy) is 1. The van der Waals surface area contributed by atoms with Gasteiger partial charge in [-0.15, -0.1) is 5.10 Å². The average Bonchev–Trinajstić information content (AvgIpc) is 2.78. The minimum Gasteiger partial charge on any atom is -0.492 e. The molecular formula is C11H12BN3O. The summed E-state index contributed by atoms with van der Waals surface area (Å²) < 4.78 is 7.26. The molecule has 2 aromatic rings. The summed E-state index contributed by atoms with van der Waals surface area (Å²) in [5.74, 6) is 0.863. The van der Waals surface area contributed by atoms with Crippen LogP contribution < -0.4 is 4.74 Å². The molecule has 0 amide bonds. The lowest BCUT2D eigenvalue weighted by atomic mass is 10.0. The van der Waals surface area contributed by atoms with Gasteiger partial charge in [-0.1, -0.05) is 23.4 Å². The van der Waals surface area contributed by atoms with E-state index in [1.807, 2.05) is 36.5 Å². The molecule has 1 aromatic carbocycles. The Morgan fingerprint density at radius 1 is 1.25 bits per heavy atom. The predicted molar refractivity (Wildman–Crippen MR) is 61.4 cm³/mol. The molecule has 0 aliphatic carbocycles. The van der Waals surface area contributed by atoms with Gasteiger partial charge in [0.05, 0.1) is 20.1 Å². The molecule has 0 spiro atoms. The largest absolute Gasteiger partial charge is 0.492 e. The molecule has 0 N–H and O–H groups in total. The molecule has 0 aliphatic heterocycles. The molecule has 0 aliphatic rings. The molecule has 16 heavy (non-hydrogen) atoms. The fraction of sp³-hybridized carbons (Fsp3) is 0.273. The third-order valence-corrected chi connectivity index (χ3v) is 2.13. The van der Waals surface area contributed by atoms with Gasteiger partial charge in [-0.05, 0) is 18.5 Å². The molecule has 4 nitrogen and oxygen atoms in total. The van der Waals surface area contributed by atoms with E-state index in [9.17, 15) is 0 Å². The highest BCUT2D eigenvalue weighted by Gasteiger charge is 1.98. The van der Waals surface area contributed by atoms with E-state index < -0.39 is 0 Å². The van der Waals surface area contributed by atoms with Crippen LogP contribution in [0.3, 0.4) is 0 Å². The van der Waals surface area contributed by atoms with E-state index in [2.05, 4.69) is 10.3 Å². The van der Waals surface area contributed by atoms with Crippen molar-refractivity contribution in [1.29, 1.82) is 0 Å². The highest BCUT2D eigenvalue weighted by Crippen LogP contribution is 2.07. The van der Waals surface area contributed by atoms with Gasteiger partial charge in [0.1, 0.15) is 12.4 Å². The van der Waals surface area contributed by atoms with E-state index >= 15 is 0 Å². The van der Waals surface area contributed by atoms with Gasteiger partial charge in [0.15, 0.2) is 0 Å².